The molecule has 0 radical (unpaired) electrons. The number of nitrogens with one attached hydrogen (secondary N) is 1. The highest BCUT2D eigenvalue weighted by atomic mass is 35.5. The Morgan fingerprint density at radius 2 is 1.82 bits per heavy atom. The number of hydrogen-bond donors (Lipinski definition) is 1. The van der Waals surface area contributed by atoms with Gasteiger partial charge in [0.1, 0.15) is 22.1 Å². The Labute approximate surface area is 202 Å². The quantitative estimate of drug-likeness (QED) is 0.591. The molecule has 0 saturated carbocycles. The number of Topliss-reactive ketones (excluding diaryl/α,β-unsaturated/α-hetero) is 1. The van der Waals surface area contributed by atoms with Crippen molar-refractivity contribution < 1.29 is 23.8 Å². The zero-order chi connectivity index (χ0) is 24.1. The third kappa shape index (κ3) is 3.60. The first kappa shape index (κ1) is 23.3. The zero-order valence-corrected chi connectivity index (χ0v) is 20.4. The van der Waals surface area contributed by atoms with Crippen molar-refractivity contribution in [1.29, 1.82) is 0 Å². The molecule has 1 N–H and O–H groups in total. The molecule has 0 fully saturated rings. The third-order valence-corrected chi connectivity index (χ3v) is 6.64. The molecule has 33 heavy (non-hydrogen) atoms. The number of hydrogen-bond acceptors (Lipinski definition) is 7. The maximum absolute atomic E-state index is 13.6. The number of ketones is 2. The fourth-order valence-corrected chi connectivity index (χ4v) is 4.82. The van der Waals surface area contributed by atoms with Crippen molar-refractivity contribution in [3.8, 4) is 17.2 Å². The highest BCUT2D eigenvalue weighted by molar-refractivity contribution is 6.36. The summed E-state index contributed by atoms with van der Waals surface area (Å²) in [6.07, 6.45) is 1.81. The number of carbonyl (C=O) groups is 2. The molecule has 1 heterocycles. The minimum Gasteiger partial charge on any atom is -0.496 e. The van der Waals surface area contributed by atoms with E-state index in [0.29, 0.717) is 22.9 Å². The number of ether oxygens (including phenoxy) is 3. The largest absolute Gasteiger partial charge is 0.496 e. The van der Waals surface area contributed by atoms with Crippen molar-refractivity contribution in [3.05, 3.63) is 51.6 Å². The molecule has 2 atom stereocenters. The minimum atomic E-state index is -1.71. The summed E-state index contributed by atoms with van der Waals surface area (Å²) < 4.78 is 16.7. The summed E-state index contributed by atoms with van der Waals surface area (Å²) in [6.45, 7) is 1.80. The molecular weight excluding hydrogens is 467 g/mol. The topological polar surface area (TPSA) is 77.1 Å². The van der Waals surface area contributed by atoms with Gasteiger partial charge >= 0.3 is 0 Å². The first-order valence-corrected chi connectivity index (χ1v) is 11.1. The van der Waals surface area contributed by atoms with E-state index in [-0.39, 0.29) is 22.1 Å². The van der Waals surface area contributed by atoms with Gasteiger partial charge in [-0.15, -0.1) is 0 Å². The number of rotatable bonds is 5. The van der Waals surface area contributed by atoms with Crippen molar-refractivity contribution in [2.24, 2.45) is 5.92 Å². The molecule has 2 aliphatic rings. The molecule has 4 rings (SSSR count). The number of fused-ring (bicyclic) bond motifs is 1. The lowest BCUT2D eigenvalue weighted by molar-refractivity contribution is -0.129. The van der Waals surface area contributed by atoms with Crippen LogP contribution in [0.5, 0.6) is 17.2 Å². The fraction of sp³-hybridized carbons (Fsp3) is 0.333. The van der Waals surface area contributed by atoms with Gasteiger partial charge in [-0.25, -0.2) is 0 Å². The number of benzene rings is 2. The molecule has 1 aliphatic heterocycles. The molecule has 0 saturated heterocycles. The van der Waals surface area contributed by atoms with Crippen LogP contribution in [0.4, 0.5) is 11.4 Å². The van der Waals surface area contributed by atoms with E-state index >= 15 is 0 Å². The molecule has 1 spiro atoms. The first-order chi connectivity index (χ1) is 15.6. The Hall–Kier alpha value is -2.90. The molecule has 0 aromatic heterocycles. The highest BCUT2D eigenvalue weighted by Crippen LogP contribution is 2.53. The second-order valence-electron chi connectivity index (χ2n) is 8.29. The summed E-state index contributed by atoms with van der Waals surface area (Å²) in [5.41, 5.74) is 0.760. The monoisotopic (exact) mass is 490 g/mol. The number of allylic oxidation sites excluding steroid dienone is 1. The number of nitrogens with zero attached hydrogens (tertiary/aromatic N) is 1. The molecule has 0 bridgehead atoms. The van der Waals surface area contributed by atoms with Crippen LogP contribution in [0.1, 0.15) is 23.7 Å². The summed E-state index contributed by atoms with van der Waals surface area (Å²) in [6, 6.07) is 7.00. The van der Waals surface area contributed by atoms with Gasteiger partial charge in [0, 0.05) is 42.9 Å². The molecular formula is C24H24Cl2N2O5. The van der Waals surface area contributed by atoms with Crippen molar-refractivity contribution in [2.45, 2.75) is 18.9 Å². The Bertz CT molecular complexity index is 1190. The van der Waals surface area contributed by atoms with E-state index in [1.807, 2.05) is 25.1 Å². The van der Waals surface area contributed by atoms with Crippen molar-refractivity contribution in [2.75, 3.05) is 38.5 Å². The van der Waals surface area contributed by atoms with E-state index < -0.39 is 23.1 Å². The van der Waals surface area contributed by atoms with E-state index in [2.05, 4.69) is 5.32 Å². The maximum atomic E-state index is 13.6. The van der Waals surface area contributed by atoms with E-state index in [1.54, 1.807) is 19.1 Å². The van der Waals surface area contributed by atoms with Crippen LogP contribution in [0.3, 0.4) is 0 Å². The van der Waals surface area contributed by atoms with Crippen molar-refractivity contribution in [3.63, 3.8) is 0 Å². The predicted octanol–water partition coefficient (Wildman–Crippen LogP) is 5.00. The number of carbonyl (C=O) groups excluding carboxylic acids is 2. The second-order valence-corrected chi connectivity index (χ2v) is 9.10. The maximum Gasteiger partial charge on any atom is 0.236 e. The van der Waals surface area contributed by atoms with E-state index in [4.69, 9.17) is 37.4 Å². The van der Waals surface area contributed by atoms with E-state index in [0.717, 1.165) is 11.4 Å². The van der Waals surface area contributed by atoms with Crippen molar-refractivity contribution >= 4 is 46.1 Å². The lowest BCUT2D eigenvalue weighted by atomic mass is 9.74. The molecule has 174 valence electrons. The Morgan fingerprint density at radius 3 is 2.42 bits per heavy atom. The van der Waals surface area contributed by atoms with Crippen LogP contribution in [0.2, 0.25) is 10.0 Å². The Balaban J connectivity index is 1.73. The van der Waals surface area contributed by atoms with Gasteiger partial charge in [-0.1, -0.05) is 30.1 Å². The number of anilines is 2. The minimum absolute atomic E-state index is 0.104. The average molecular weight is 491 g/mol. The van der Waals surface area contributed by atoms with Crippen LogP contribution >= 0.6 is 23.2 Å². The van der Waals surface area contributed by atoms with Gasteiger partial charge in [-0.2, -0.15) is 0 Å². The summed E-state index contributed by atoms with van der Waals surface area (Å²) in [7, 11) is 6.72. The van der Waals surface area contributed by atoms with E-state index in [1.165, 1.54) is 26.4 Å². The average Bonchev–Trinajstić information content (AvgIpc) is 3.07. The molecule has 9 heteroatoms. The molecule has 1 aliphatic carbocycles. The Kier molecular flexibility index (Phi) is 5.97. The van der Waals surface area contributed by atoms with Crippen LogP contribution < -0.4 is 24.4 Å². The van der Waals surface area contributed by atoms with Crippen LogP contribution in [0.15, 0.2) is 36.0 Å². The fourth-order valence-electron chi connectivity index (χ4n) is 4.39. The molecule has 2 aromatic rings. The van der Waals surface area contributed by atoms with Crippen LogP contribution in [0, 0.1) is 5.92 Å². The van der Waals surface area contributed by atoms with Gasteiger partial charge in [0.25, 0.3) is 0 Å². The number of methoxy groups -OCH3 is 2. The van der Waals surface area contributed by atoms with Crippen LogP contribution in [-0.2, 0) is 4.79 Å². The molecule has 2 unspecified atom stereocenters. The Morgan fingerprint density at radius 1 is 1.12 bits per heavy atom. The van der Waals surface area contributed by atoms with Crippen molar-refractivity contribution in [1.82, 2.24) is 0 Å². The molecule has 7 nitrogen and oxygen atoms in total. The third-order valence-electron chi connectivity index (χ3n) is 6.05. The highest BCUT2D eigenvalue weighted by Gasteiger charge is 2.60. The van der Waals surface area contributed by atoms with Gasteiger partial charge < -0.3 is 24.4 Å². The standard InChI is InChI=1S/C24H24Cl2N2O5/c1-12-8-14(27-15-9-13(25)6-7-16(15)28(2)3)10-19(29)24(12)23(30)20-17(31-4)11-18(32-5)21(26)22(20)33-24/h6-7,9-12,27H,8H2,1-5H3. The summed E-state index contributed by atoms with van der Waals surface area (Å²) in [5.74, 6) is -0.767. The van der Waals surface area contributed by atoms with Crippen LogP contribution in [0.25, 0.3) is 0 Å². The van der Waals surface area contributed by atoms with Gasteiger partial charge in [-0.05, 0) is 24.6 Å². The van der Waals surface area contributed by atoms with Gasteiger partial charge in [0.05, 0.1) is 25.6 Å². The SMILES string of the molecule is COc1cc(OC)c2c(c1Cl)OC1(C(=O)C=C(Nc3cc(Cl)ccc3N(C)C)CC1C)C2=O. The smallest absolute Gasteiger partial charge is 0.236 e. The number of halogens is 2. The normalized spacial score (nSPS) is 21.4. The molecule has 0 amide bonds. The summed E-state index contributed by atoms with van der Waals surface area (Å²) in [5, 5.41) is 4.00. The van der Waals surface area contributed by atoms with Gasteiger partial charge in [-0.3, -0.25) is 9.59 Å². The molecule has 2 aromatic carbocycles. The van der Waals surface area contributed by atoms with Crippen LogP contribution in [-0.4, -0.2) is 45.5 Å². The lowest BCUT2D eigenvalue weighted by Gasteiger charge is -2.35. The van der Waals surface area contributed by atoms with Gasteiger partial charge in [0.2, 0.25) is 17.2 Å². The summed E-state index contributed by atoms with van der Waals surface area (Å²) in [4.78, 5) is 29.0. The van der Waals surface area contributed by atoms with E-state index in [9.17, 15) is 9.59 Å². The lowest BCUT2D eigenvalue weighted by Crippen LogP contribution is -2.55. The second kappa shape index (κ2) is 8.47. The van der Waals surface area contributed by atoms with Gasteiger partial charge in [0.15, 0.2) is 5.75 Å². The predicted molar refractivity (Wildman–Crippen MR) is 129 cm³/mol. The summed E-state index contributed by atoms with van der Waals surface area (Å²) >= 11 is 12.6. The first-order valence-electron chi connectivity index (χ1n) is 10.3. The zero-order valence-electron chi connectivity index (χ0n) is 18.9.